The van der Waals surface area contributed by atoms with Gasteiger partial charge in [-0.3, -0.25) is 4.79 Å². The largest absolute Gasteiger partial charge is 0.497 e. The number of ether oxygens (including phenoxy) is 1. The van der Waals surface area contributed by atoms with Gasteiger partial charge in [-0.1, -0.05) is 24.3 Å². The number of carbonyl (C=O) groups is 1. The summed E-state index contributed by atoms with van der Waals surface area (Å²) in [6.07, 6.45) is 0. The molecule has 1 amide bonds. The number of para-hydroxylation sites is 1. The molecule has 0 aliphatic heterocycles. The van der Waals surface area contributed by atoms with Crippen molar-refractivity contribution in [2.75, 3.05) is 14.2 Å². The van der Waals surface area contributed by atoms with Crippen molar-refractivity contribution in [2.45, 2.75) is 26.8 Å². The van der Waals surface area contributed by atoms with Crippen LogP contribution in [0.15, 0.2) is 42.5 Å². The zero-order valence-corrected chi connectivity index (χ0v) is 15.4. The predicted molar refractivity (Wildman–Crippen MR) is 101 cm³/mol. The second kappa shape index (κ2) is 6.63. The van der Waals surface area contributed by atoms with Gasteiger partial charge >= 0.3 is 0 Å². The van der Waals surface area contributed by atoms with Crippen LogP contribution in [-0.4, -0.2) is 29.9 Å². The van der Waals surface area contributed by atoms with Gasteiger partial charge in [0.25, 0.3) is 5.91 Å². The Morgan fingerprint density at radius 1 is 1.12 bits per heavy atom. The SMILES string of the molecule is COc1ccc(C(C)N(C)C(=O)c2cccc3c(C)c(C)[nH]c23)cc1. The highest BCUT2D eigenvalue weighted by atomic mass is 16.5. The van der Waals surface area contributed by atoms with E-state index in [0.717, 1.165) is 27.9 Å². The van der Waals surface area contributed by atoms with Gasteiger partial charge in [0.05, 0.1) is 24.2 Å². The molecule has 2 aromatic carbocycles. The lowest BCUT2D eigenvalue weighted by molar-refractivity contribution is 0.0744. The zero-order chi connectivity index (χ0) is 18.1. The van der Waals surface area contributed by atoms with Crippen LogP contribution < -0.4 is 4.74 Å². The van der Waals surface area contributed by atoms with Crippen molar-refractivity contribution in [3.8, 4) is 5.75 Å². The predicted octanol–water partition coefficient (Wildman–Crippen LogP) is 4.63. The minimum absolute atomic E-state index is 0.00941. The van der Waals surface area contributed by atoms with E-state index in [0.29, 0.717) is 5.56 Å². The van der Waals surface area contributed by atoms with Gasteiger partial charge in [-0.25, -0.2) is 0 Å². The van der Waals surface area contributed by atoms with E-state index in [-0.39, 0.29) is 11.9 Å². The number of nitrogens with zero attached hydrogens (tertiary/aromatic N) is 1. The van der Waals surface area contributed by atoms with Crippen LogP contribution in [0, 0.1) is 13.8 Å². The maximum Gasteiger partial charge on any atom is 0.256 e. The maximum atomic E-state index is 13.1. The number of amides is 1. The van der Waals surface area contributed by atoms with Gasteiger partial charge in [0.1, 0.15) is 5.75 Å². The third kappa shape index (κ3) is 3.00. The van der Waals surface area contributed by atoms with Gasteiger partial charge in [0.15, 0.2) is 0 Å². The molecule has 3 aromatic rings. The van der Waals surface area contributed by atoms with E-state index in [1.165, 1.54) is 5.56 Å². The minimum Gasteiger partial charge on any atom is -0.497 e. The smallest absolute Gasteiger partial charge is 0.256 e. The molecule has 0 saturated carbocycles. The van der Waals surface area contributed by atoms with Crippen molar-refractivity contribution >= 4 is 16.8 Å². The Morgan fingerprint density at radius 2 is 1.80 bits per heavy atom. The Kier molecular flexibility index (Phi) is 4.53. The molecule has 130 valence electrons. The lowest BCUT2D eigenvalue weighted by Crippen LogP contribution is -2.29. The van der Waals surface area contributed by atoms with Crippen molar-refractivity contribution in [1.82, 2.24) is 9.88 Å². The third-order valence-electron chi connectivity index (χ3n) is 5.07. The van der Waals surface area contributed by atoms with Crippen LogP contribution in [0.2, 0.25) is 0 Å². The molecule has 1 unspecified atom stereocenters. The zero-order valence-electron chi connectivity index (χ0n) is 15.4. The number of hydrogen-bond acceptors (Lipinski definition) is 2. The van der Waals surface area contributed by atoms with E-state index < -0.39 is 0 Å². The standard InChI is InChI=1S/C21H24N2O2/c1-13-14(2)22-20-18(13)7-6-8-19(20)21(24)23(4)15(3)16-9-11-17(25-5)12-10-16/h6-12,15,22H,1-5H3. The summed E-state index contributed by atoms with van der Waals surface area (Å²) in [6, 6.07) is 13.7. The second-order valence-electron chi connectivity index (χ2n) is 6.47. The number of rotatable bonds is 4. The van der Waals surface area contributed by atoms with Crippen molar-refractivity contribution in [3.05, 3.63) is 64.8 Å². The summed E-state index contributed by atoms with van der Waals surface area (Å²) in [7, 11) is 3.49. The molecule has 0 fully saturated rings. The summed E-state index contributed by atoms with van der Waals surface area (Å²) < 4.78 is 5.20. The normalized spacial score (nSPS) is 12.2. The van der Waals surface area contributed by atoms with E-state index in [4.69, 9.17) is 4.74 Å². The lowest BCUT2D eigenvalue weighted by Gasteiger charge is -2.26. The maximum absolute atomic E-state index is 13.1. The molecule has 1 atom stereocenters. The van der Waals surface area contributed by atoms with Crippen molar-refractivity contribution in [1.29, 1.82) is 0 Å². The van der Waals surface area contributed by atoms with Gasteiger partial charge in [-0.15, -0.1) is 0 Å². The van der Waals surface area contributed by atoms with Crippen LogP contribution in [0.1, 0.15) is 40.1 Å². The first-order valence-corrected chi connectivity index (χ1v) is 8.43. The first-order chi connectivity index (χ1) is 11.9. The molecule has 3 rings (SSSR count). The molecule has 0 aliphatic carbocycles. The molecule has 4 heteroatoms. The number of carbonyl (C=O) groups excluding carboxylic acids is 1. The number of nitrogens with one attached hydrogen (secondary N) is 1. The van der Waals surface area contributed by atoms with Gasteiger partial charge in [0, 0.05) is 18.1 Å². The Hall–Kier alpha value is -2.75. The van der Waals surface area contributed by atoms with E-state index >= 15 is 0 Å². The van der Waals surface area contributed by atoms with Gasteiger partial charge in [-0.2, -0.15) is 0 Å². The quantitative estimate of drug-likeness (QED) is 0.755. The Labute approximate surface area is 148 Å². The number of benzene rings is 2. The number of aryl methyl sites for hydroxylation is 2. The number of aromatic nitrogens is 1. The minimum atomic E-state index is -0.0363. The van der Waals surface area contributed by atoms with Gasteiger partial charge < -0.3 is 14.6 Å². The van der Waals surface area contributed by atoms with Gasteiger partial charge in [-0.05, 0) is 50.1 Å². The fourth-order valence-corrected chi connectivity index (χ4v) is 3.13. The number of hydrogen-bond donors (Lipinski definition) is 1. The van der Waals surface area contributed by atoms with E-state index in [2.05, 4.69) is 18.0 Å². The van der Waals surface area contributed by atoms with Gasteiger partial charge in [0.2, 0.25) is 0 Å². The highest BCUT2D eigenvalue weighted by Gasteiger charge is 2.22. The molecular formula is C21H24N2O2. The second-order valence-corrected chi connectivity index (χ2v) is 6.47. The van der Waals surface area contributed by atoms with Crippen molar-refractivity contribution < 1.29 is 9.53 Å². The number of fused-ring (bicyclic) bond motifs is 1. The molecule has 0 bridgehead atoms. The fourth-order valence-electron chi connectivity index (χ4n) is 3.13. The first kappa shape index (κ1) is 17.1. The third-order valence-corrected chi connectivity index (χ3v) is 5.07. The monoisotopic (exact) mass is 336 g/mol. The number of methoxy groups -OCH3 is 1. The molecule has 0 spiro atoms. The highest BCUT2D eigenvalue weighted by Crippen LogP contribution is 2.28. The molecule has 0 aliphatic rings. The van der Waals surface area contributed by atoms with Crippen LogP contribution in [0.25, 0.3) is 10.9 Å². The fraction of sp³-hybridized carbons (Fsp3) is 0.286. The van der Waals surface area contributed by atoms with E-state index in [1.54, 1.807) is 12.0 Å². The summed E-state index contributed by atoms with van der Waals surface area (Å²) in [5, 5.41) is 1.11. The van der Waals surface area contributed by atoms with E-state index in [1.807, 2.05) is 57.3 Å². The average molecular weight is 336 g/mol. The Bertz CT molecular complexity index is 910. The van der Waals surface area contributed by atoms with Crippen molar-refractivity contribution in [2.24, 2.45) is 0 Å². The highest BCUT2D eigenvalue weighted by molar-refractivity contribution is 6.06. The average Bonchev–Trinajstić information content (AvgIpc) is 2.94. The summed E-state index contributed by atoms with van der Waals surface area (Å²) in [6.45, 7) is 6.14. The summed E-state index contributed by atoms with van der Waals surface area (Å²) in [5.41, 5.74) is 4.98. The topological polar surface area (TPSA) is 45.3 Å². The molecule has 25 heavy (non-hydrogen) atoms. The number of H-pyrrole nitrogens is 1. The van der Waals surface area contributed by atoms with Crippen LogP contribution in [-0.2, 0) is 0 Å². The van der Waals surface area contributed by atoms with Crippen LogP contribution in [0.5, 0.6) is 5.75 Å². The van der Waals surface area contributed by atoms with Crippen LogP contribution in [0.4, 0.5) is 0 Å². The first-order valence-electron chi connectivity index (χ1n) is 8.43. The molecule has 1 N–H and O–H groups in total. The van der Waals surface area contributed by atoms with Crippen LogP contribution >= 0.6 is 0 Å². The van der Waals surface area contributed by atoms with E-state index in [9.17, 15) is 4.79 Å². The van der Waals surface area contributed by atoms with Crippen LogP contribution in [0.3, 0.4) is 0 Å². The molecule has 0 saturated heterocycles. The van der Waals surface area contributed by atoms with Crippen molar-refractivity contribution in [3.63, 3.8) is 0 Å². The lowest BCUT2D eigenvalue weighted by atomic mass is 10.0. The number of aromatic amines is 1. The molecule has 1 heterocycles. The summed E-state index contributed by atoms with van der Waals surface area (Å²) in [5.74, 6) is 0.821. The molecular weight excluding hydrogens is 312 g/mol. The summed E-state index contributed by atoms with van der Waals surface area (Å²) >= 11 is 0. The summed E-state index contributed by atoms with van der Waals surface area (Å²) in [4.78, 5) is 18.2. The Balaban J connectivity index is 1.93. The molecule has 1 aromatic heterocycles. The molecule has 4 nitrogen and oxygen atoms in total. The Morgan fingerprint density at radius 3 is 2.44 bits per heavy atom. The molecule has 0 radical (unpaired) electrons.